The van der Waals surface area contributed by atoms with Crippen LogP contribution in [0, 0.1) is 26.7 Å². The summed E-state index contributed by atoms with van der Waals surface area (Å²) in [6.07, 6.45) is 1.88. The Hall–Kier alpha value is -2.13. The molecule has 1 heterocycles. The van der Waals surface area contributed by atoms with E-state index in [0.717, 1.165) is 32.5 Å². The Labute approximate surface area is 163 Å². The molecule has 1 atom stereocenters. The van der Waals surface area contributed by atoms with Crippen molar-refractivity contribution in [1.82, 2.24) is 10.2 Å². The smallest absolute Gasteiger partial charge is 0.223 e. The third-order valence-corrected chi connectivity index (χ3v) is 5.92. The van der Waals surface area contributed by atoms with E-state index in [1.807, 2.05) is 0 Å². The average molecular weight is 365 g/mol. The van der Waals surface area contributed by atoms with Crippen molar-refractivity contribution in [1.29, 1.82) is 0 Å². The van der Waals surface area contributed by atoms with Crippen molar-refractivity contribution in [3.8, 4) is 0 Å². The van der Waals surface area contributed by atoms with Crippen molar-refractivity contribution in [3.05, 3.63) is 70.3 Å². The summed E-state index contributed by atoms with van der Waals surface area (Å²) in [6, 6.07) is 15.1. The van der Waals surface area contributed by atoms with Crippen LogP contribution in [-0.2, 0) is 11.3 Å². The fourth-order valence-corrected chi connectivity index (χ4v) is 4.05. The molecule has 2 aromatic rings. The topological polar surface area (TPSA) is 32.3 Å². The quantitative estimate of drug-likeness (QED) is 0.834. The number of amides is 1. The molecule has 3 rings (SSSR count). The maximum atomic E-state index is 12.8. The van der Waals surface area contributed by atoms with Crippen molar-refractivity contribution < 1.29 is 4.79 Å². The number of nitrogens with zero attached hydrogens (tertiary/aromatic N) is 1. The van der Waals surface area contributed by atoms with Gasteiger partial charge < -0.3 is 5.32 Å². The zero-order chi connectivity index (χ0) is 19.4. The number of piperidine rings is 1. The molecule has 2 aromatic carbocycles. The van der Waals surface area contributed by atoms with E-state index >= 15 is 0 Å². The molecule has 3 heteroatoms. The molecule has 1 aliphatic rings. The van der Waals surface area contributed by atoms with Gasteiger partial charge in [0.15, 0.2) is 0 Å². The number of nitrogens with one attached hydrogen (secondary N) is 1. The van der Waals surface area contributed by atoms with E-state index in [1.165, 1.54) is 27.8 Å². The molecule has 1 amide bonds. The SMILES string of the molecule is Cc1cc(C)c([C@@H](C)NC(=O)C2CCN(Cc3ccccc3)CC2)cc1C. The van der Waals surface area contributed by atoms with Gasteiger partial charge in [-0.25, -0.2) is 0 Å². The van der Waals surface area contributed by atoms with Crippen molar-refractivity contribution in [3.63, 3.8) is 0 Å². The number of rotatable bonds is 5. The van der Waals surface area contributed by atoms with Gasteiger partial charge in [0.05, 0.1) is 6.04 Å². The highest BCUT2D eigenvalue weighted by Crippen LogP contribution is 2.24. The largest absolute Gasteiger partial charge is 0.349 e. The van der Waals surface area contributed by atoms with Crippen LogP contribution in [0.3, 0.4) is 0 Å². The minimum absolute atomic E-state index is 0.0548. The Balaban J connectivity index is 1.53. The molecule has 1 N–H and O–H groups in total. The van der Waals surface area contributed by atoms with E-state index < -0.39 is 0 Å². The molecule has 0 aromatic heterocycles. The van der Waals surface area contributed by atoms with E-state index in [1.54, 1.807) is 0 Å². The van der Waals surface area contributed by atoms with Crippen LogP contribution >= 0.6 is 0 Å². The van der Waals surface area contributed by atoms with Gasteiger partial charge in [0, 0.05) is 12.5 Å². The molecule has 0 spiro atoms. The fraction of sp³-hybridized carbons (Fsp3) is 0.458. The van der Waals surface area contributed by atoms with Gasteiger partial charge in [-0.2, -0.15) is 0 Å². The van der Waals surface area contributed by atoms with E-state index in [9.17, 15) is 4.79 Å². The molecule has 1 fully saturated rings. The molecule has 3 nitrogen and oxygen atoms in total. The second kappa shape index (κ2) is 8.71. The maximum Gasteiger partial charge on any atom is 0.223 e. The fourth-order valence-electron chi connectivity index (χ4n) is 4.05. The Bertz CT molecular complexity index is 776. The third-order valence-electron chi connectivity index (χ3n) is 5.92. The average Bonchev–Trinajstić information content (AvgIpc) is 2.66. The summed E-state index contributed by atoms with van der Waals surface area (Å²) in [4.78, 5) is 15.2. The van der Waals surface area contributed by atoms with Crippen LogP contribution in [0.15, 0.2) is 42.5 Å². The molecule has 0 radical (unpaired) electrons. The summed E-state index contributed by atoms with van der Waals surface area (Å²) in [7, 11) is 0. The lowest BCUT2D eigenvalue weighted by Crippen LogP contribution is -2.41. The highest BCUT2D eigenvalue weighted by atomic mass is 16.1. The molecular formula is C24H32N2O. The van der Waals surface area contributed by atoms with Crippen LogP contribution in [0.1, 0.15) is 53.6 Å². The number of hydrogen-bond donors (Lipinski definition) is 1. The van der Waals surface area contributed by atoms with Crippen LogP contribution < -0.4 is 5.32 Å². The summed E-state index contributed by atoms with van der Waals surface area (Å²) >= 11 is 0. The van der Waals surface area contributed by atoms with Crippen LogP contribution in [-0.4, -0.2) is 23.9 Å². The molecule has 1 aliphatic heterocycles. The predicted molar refractivity (Wildman–Crippen MR) is 112 cm³/mol. The first-order valence-corrected chi connectivity index (χ1v) is 10.1. The van der Waals surface area contributed by atoms with Gasteiger partial charge in [-0.05, 0) is 81.4 Å². The van der Waals surface area contributed by atoms with Crippen LogP contribution in [0.5, 0.6) is 0 Å². The number of likely N-dealkylation sites (tertiary alicyclic amines) is 1. The highest BCUT2D eigenvalue weighted by Gasteiger charge is 2.26. The molecule has 1 saturated heterocycles. The summed E-state index contributed by atoms with van der Waals surface area (Å²) < 4.78 is 0. The zero-order valence-electron chi connectivity index (χ0n) is 17.1. The van der Waals surface area contributed by atoms with E-state index in [-0.39, 0.29) is 17.9 Å². The Morgan fingerprint density at radius 3 is 2.33 bits per heavy atom. The minimum atomic E-state index is 0.0548. The first-order valence-electron chi connectivity index (χ1n) is 10.1. The van der Waals surface area contributed by atoms with Gasteiger partial charge in [0.1, 0.15) is 0 Å². The molecule has 0 unspecified atom stereocenters. The number of carbonyl (C=O) groups is 1. The lowest BCUT2D eigenvalue weighted by Gasteiger charge is -2.32. The number of aryl methyl sites for hydroxylation is 3. The van der Waals surface area contributed by atoms with E-state index in [2.05, 4.69) is 80.4 Å². The van der Waals surface area contributed by atoms with E-state index in [0.29, 0.717) is 0 Å². The summed E-state index contributed by atoms with van der Waals surface area (Å²) in [5, 5.41) is 3.26. The Kier molecular flexibility index (Phi) is 6.33. The van der Waals surface area contributed by atoms with Gasteiger partial charge >= 0.3 is 0 Å². The second-order valence-electron chi connectivity index (χ2n) is 8.06. The first kappa shape index (κ1) is 19.6. The third kappa shape index (κ3) is 4.98. The van der Waals surface area contributed by atoms with Crippen molar-refractivity contribution in [2.75, 3.05) is 13.1 Å². The molecule has 144 valence electrons. The van der Waals surface area contributed by atoms with Crippen molar-refractivity contribution >= 4 is 5.91 Å². The standard InChI is InChI=1S/C24H32N2O/c1-17-14-19(3)23(15-18(17)2)20(4)25-24(27)22-10-12-26(13-11-22)16-21-8-6-5-7-9-21/h5-9,14-15,20,22H,10-13,16H2,1-4H3,(H,25,27)/t20-/m1/s1. The molecular weight excluding hydrogens is 332 g/mol. The van der Waals surface area contributed by atoms with Gasteiger partial charge in [-0.15, -0.1) is 0 Å². The normalized spacial score (nSPS) is 16.9. The van der Waals surface area contributed by atoms with Gasteiger partial charge in [-0.3, -0.25) is 9.69 Å². The molecule has 0 aliphatic carbocycles. The summed E-state index contributed by atoms with van der Waals surface area (Å²) in [5.41, 5.74) is 6.42. The zero-order valence-corrected chi connectivity index (χ0v) is 17.1. The summed E-state index contributed by atoms with van der Waals surface area (Å²) in [5.74, 6) is 0.339. The van der Waals surface area contributed by atoms with Crippen LogP contribution in [0.2, 0.25) is 0 Å². The summed E-state index contributed by atoms with van der Waals surface area (Å²) in [6.45, 7) is 11.5. The molecule has 0 saturated carbocycles. The van der Waals surface area contributed by atoms with Gasteiger partial charge in [-0.1, -0.05) is 42.5 Å². The highest BCUT2D eigenvalue weighted by molar-refractivity contribution is 5.79. The maximum absolute atomic E-state index is 12.8. The molecule has 0 bridgehead atoms. The number of hydrogen-bond acceptors (Lipinski definition) is 2. The van der Waals surface area contributed by atoms with Crippen molar-refractivity contribution in [2.45, 2.75) is 53.1 Å². The van der Waals surface area contributed by atoms with Crippen LogP contribution in [0.25, 0.3) is 0 Å². The predicted octanol–water partition coefficient (Wildman–Crippen LogP) is 4.70. The van der Waals surface area contributed by atoms with Crippen LogP contribution in [0.4, 0.5) is 0 Å². The van der Waals surface area contributed by atoms with Crippen molar-refractivity contribution in [2.24, 2.45) is 5.92 Å². The Morgan fingerprint density at radius 2 is 1.67 bits per heavy atom. The molecule has 27 heavy (non-hydrogen) atoms. The monoisotopic (exact) mass is 364 g/mol. The lowest BCUT2D eigenvalue weighted by atomic mass is 9.93. The lowest BCUT2D eigenvalue weighted by molar-refractivity contribution is -0.127. The minimum Gasteiger partial charge on any atom is -0.349 e. The number of benzene rings is 2. The first-order chi connectivity index (χ1) is 12.9. The van der Waals surface area contributed by atoms with E-state index in [4.69, 9.17) is 0 Å². The van der Waals surface area contributed by atoms with Gasteiger partial charge in [0.2, 0.25) is 5.91 Å². The second-order valence-corrected chi connectivity index (χ2v) is 8.06. The van der Waals surface area contributed by atoms with Gasteiger partial charge in [0.25, 0.3) is 0 Å². The number of carbonyl (C=O) groups excluding carboxylic acids is 1. The Morgan fingerprint density at radius 1 is 1.04 bits per heavy atom.